The predicted molar refractivity (Wildman–Crippen MR) is 63.3 cm³/mol. The van der Waals surface area contributed by atoms with E-state index in [1.807, 2.05) is 0 Å². The van der Waals surface area contributed by atoms with Gasteiger partial charge in [-0.25, -0.2) is 0 Å². The zero-order chi connectivity index (χ0) is 11.6. The molecule has 1 atom stereocenters. The molecule has 2 rings (SSSR count). The lowest BCUT2D eigenvalue weighted by Gasteiger charge is -2.30. The Morgan fingerprint density at radius 1 is 1.19 bits per heavy atom. The third-order valence-corrected chi connectivity index (χ3v) is 5.56. The van der Waals surface area contributed by atoms with Crippen LogP contribution in [0.3, 0.4) is 0 Å². The molecule has 0 radical (unpaired) electrons. The SMILES string of the molecule is CCC1CCN(S(=O)(=O)N2CCNCC2)C1. The van der Waals surface area contributed by atoms with Gasteiger partial charge in [-0.1, -0.05) is 13.3 Å². The van der Waals surface area contributed by atoms with Gasteiger partial charge in [0, 0.05) is 39.3 Å². The van der Waals surface area contributed by atoms with Crippen LogP contribution in [0.4, 0.5) is 0 Å². The molecule has 0 aromatic carbocycles. The Hall–Kier alpha value is -0.170. The molecular weight excluding hydrogens is 226 g/mol. The van der Waals surface area contributed by atoms with Crippen LogP contribution in [0.25, 0.3) is 0 Å². The standard InChI is InChI=1S/C10H21N3O2S/c1-2-10-3-6-13(9-10)16(14,15)12-7-4-11-5-8-12/h10-11H,2-9H2,1H3. The largest absolute Gasteiger partial charge is 0.314 e. The Kier molecular flexibility index (Phi) is 3.84. The highest BCUT2D eigenvalue weighted by atomic mass is 32.2. The van der Waals surface area contributed by atoms with Crippen molar-refractivity contribution in [1.29, 1.82) is 0 Å². The quantitative estimate of drug-likeness (QED) is 0.756. The van der Waals surface area contributed by atoms with Gasteiger partial charge in [-0.05, 0) is 12.3 Å². The maximum atomic E-state index is 12.3. The molecule has 16 heavy (non-hydrogen) atoms. The van der Waals surface area contributed by atoms with Crippen molar-refractivity contribution in [2.24, 2.45) is 5.92 Å². The normalized spacial score (nSPS) is 29.7. The molecule has 94 valence electrons. The molecule has 0 aliphatic carbocycles. The number of nitrogens with zero attached hydrogens (tertiary/aromatic N) is 2. The topological polar surface area (TPSA) is 52.7 Å². The van der Waals surface area contributed by atoms with E-state index in [0.29, 0.717) is 32.1 Å². The third kappa shape index (κ3) is 2.40. The molecule has 0 amide bonds. The molecule has 1 N–H and O–H groups in total. The van der Waals surface area contributed by atoms with Gasteiger partial charge in [0.2, 0.25) is 0 Å². The maximum Gasteiger partial charge on any atom is 0.282 e. The Balaban J connectivity index is 2.01. The van der Waals surface area contributed by atoms with E-state index in [1.54, 1.807) is 8.61 Å². The molecule has 0 aromatic heterocycles. The Bertz CT molecular complexity index is 325. The summed E-state index contributed by atoms with van der Waals surface area (Å²) >= 11 is 0. The summed E-state index contributed by atoms with van der Waals surface area (Å²) in [5.74, 6) is 0.553. The molecule has 2 heterocycles. The van der Waals surface area contributed by atoms with Crippen molar-refractivity contribution in [2.45, 2.75) is 19.8 Å². The zero-order valence-electron chi connectivity index (χ0n) is 9.85. The van der Waals surface area contributed by atoms with Gasteiger partial charge in [-0.3, -0.25) is 0 Å². The minimum atomic E-state index is -3.18. The average Bonchev–Trinajstić information content (AvgIpc) is 2.79. The van der Waals surface area contributed by atoms with Gasteiger partial charge in [-0.15, -0.1) is 0 Å². The Labute approximate surface area is 98.0 Å². The molecule has 0 bridgehead atoms. The first-order valence-corrected chi connectivity index (χ1v) is 7.50. The molecule has 5 nitrogen and oxygen atoms in total. The van der Waals surface area contributed by atoms with Crippen LogP contribution in [-0.4, -0.2) is 56.3 Å². The lowest BCUT2D eigenvalue weighted by molar-refractivity contribution is 0.323. The number of hydrogen-bond acceptors (Lipinski definition) is 3. The number of piperazine rings is 1. The minimum absolute atomic E-state index is 0.553. The van der Waals surface area contributed by atoms with Crippen LogP contribution in [0.15, 0.2) is 0 Å². The van der Waals surface area contributed by atoms with E-state index in [4.69, 9.17) is 0 Å². The Morgan fingerprint density at radius 2 is 1.88 bits per heavy atom. The van der Waals surface area contributed by atoms with Crippen LogP contribution in [0.1, 0.15) is 19.8 Å². The molecular formula is C10H21N3O2S. The smallest absolute Gasteiger partial charge is 0.282 e. The lowest BCUT2D eigenvalue weighted by atomic mass is 10.1. The van der Waals surface area contributed by atoms with E-state index in [2.05, 4.69) is 12.2 Å². The fourth-order valence-corrected chi connectivity index (χ4v) is 4.08. The van der Waals surface area contributed by atoms with E-state index < -0.39 is 10.2 Å². The summed E-state index contributed by atoms with van der Waals surface area (Å²) in [6.45, 7) is 6.29. The number of nitrogens with one attached hydrogen (secondary N) is 1. The van der Waals surface area contributed by atoms with Gasteiger partial charge in [0.05, 0.1) is 0 Å². The summed E-state index contributed by atoms with van der Waals surface area (Å²) in [6.07, 6.45) is 2.09. The van der Waals surface area contributed by atoms with Gasteiger partial charge in [0.15, 0.2) is 0 Å². The van der Waals surface area contributed by atoms with E-state index in [-0.39, 0.29) is 0 Å². The fourth-order valence-electron chi connectivity index (χ4n) is 2.38. The van der Waals surface area contributed by atoms with Gasteiger partial charge in [0.1, 0.15) is 0 Å². The number of hydrogen-bond donors (Lipinski definition) is 1. The average molecular weight is 247 g/mol. The minimum Gasteiger partial charge on any atom is -0.314 e. The second-order valence-corrected chi connectivity index (χ2v) is 6.51. The molecule has 2 aliphatic rings. The summed E-state index contributed by atoms with van der Waals surface area (Å²) in [6, 6.07) is 0. The van der Waals surface area contributed by atoms with Gasteiger partial charge >= 0.3 is 0 Å². The van der Waals surface area contributed by atoms with E-state index in [0.717, 1.165) is 25.9 Å². The highest BCUT2D eigenvalue weighted by Crippen LogP contribution is 2.23. The first kappa shape index (κ1) is 12.3. The van der Waals surface area contributed by atoms with Gasteiger partial charge in [0.25, 0.3) is 10.2 Å². The monoisotopic (exact) mass is 247 g/mol. The summed E-state index contributed by atoms with van der Waals surface area (Å²) in [7, 11) is -3.18. The lowest BCUT2D eigenvalue weighted by Crippen LogP contribution is -2.51. The first-order chi connectivity index (χ1) is 7.64. The Morgan fingerprint density at radius 3 is 2.44 bits per heavy atom. The van der Waals surface area contributed by atoms with Crippen molar-refractivity contribution < 1.29 is 8.42 Å². The van der Waals surface area contributed by atoms with Gasteiger partial charge < -0.3 is 5.32 Å². The molecule has 1 unspecified atom stereocenters. The second kappa shape index (κ2) is 5.00. The highest BCUT2D eigenvalue weighted by Gasteiger charge is 2.35. The van der Waals surface area contributed by atoms with Crippen LogP contribution in [0.5, 0.6) is 0 Å². The van der Waals surface area contributed by atoms with Crippen LogP contribution in [-0.2, 0) is 10.2 Å². The van der Waals surface area contributed by atoms with Gasteiger partial charge in [-0.2, -0.15) is 17.0 Å². The maximum absolute atomic E-state index is 12.3. The molecule has 0 saturated carbocycles. The van der Waals surface area contributed by atoms with E-state index >= 15 is 0 Å². The summed E-state index contributed by atoms with van der Waals surface area (Å²) in [5.41, 5.74) is 0. The molecule has 2 aliphatic heterocycles. The first-order valence-electron chi connectivity index (χ1n) is 6.10. The summed E-state index contributed by atoms with van der Waals surface area (Å²) in [5, 5.41) is 3.17. The van der Waals surface area contributed by atoms with E-state index in [1.165, 1.54) is 0 Å². The number of rotatable bonds is 3. The van der Waals surface area contributed by atoms with Crippen molar-refractivity contribution in [2.75, 3.05) is 39.3 Å². The van der Waals surface area contributed by atoms with Crippen molar-refractivity contribution in [1.82, 2.24) is 13.9 Å². The molecule has 6 heteroatoms. The van der Waals surface area contributed by atoms with Crippen LogP contribution in [0, 0.1) is 5.92 Å². The highest BCUT2D eigenvalue weighted by molar-refractivity contribution is 7.86. The van der Waals surface area contributed by atoms with E-state index in [9.17, 15) is 8.42 Å². The van der Waals surface area contributed by atoms with Crippen molar-refractivity contribution in [3.63, 3.8) is 0 Å². The van der Waals surface area contributed by atoms with Crippen LogP contribution < -0.4 is 5.32 Å². The van der Waals surface area contributed by atoms with Crippen molar-refractivity contribution in [3.8, 4) is 0 Å². The van der Waals surface area contributed by atoms with Crippen molar-refractivity contribution >= 4 is 10.2 Å². The van der Waals surface area contributed by atoms with Crippen LogP contribution >= 0.6 is 0 Å². The summed E-state index contributed by atoms with van der Waals surface area (Å²) in [4.78, 5) is 0. The van der Waals surface area contributed by atoms with Crippen molar-refractivity contribution in [3.05, 3.63) is 0 Å². The predicted octanol–water partition coefficient (Wildman–Crippen LogP) is -0.132. The third-order valence-electron chi connectivity index (χ3n) is 3.55. The molecule has 0 aromatic rings. The summed E-state index contributed by atoms with van der Waals surface area (Å²) < 4.78 is 27.8. The molecule has 2 saturated heterocycles. The fraction of sp³-hybridized carbons (Fsp3) is 1.00. The second-order valence-electron chi connectivity index (χ2n) is 4.58. The van der Waals surface area contributed by atoms with Crippen LogP contribution in [0.2, 0.25) is 0 Å². The molecule has 2 fully saturated rings. The molecule has 0 spiro atoms. The zero-order valence-corrected chi connectivity index (χ0v) is 10.7.